The van der Waals surface area contributed by atoms with Crippen LogP contribution < -0.4 is 10.5 Å². The molecule has 4 nitrogen and oxygen atoms in total. The number of rotatable bonds is 6. The number of hydrogen-bond acceptors (Lipinski definition) is 3. The van der Waals surface area contributed by atoms with E-state index in [0.29, 0.717) is 18.1 Å². The van der Waals surface area contributed by atoms with Gasteiger partial charge in [0.2, 0.25) is 0 Å². The molecule has 19 heavy (non-hydrogen) atoms. The topological polar surface area (TPSA) is 53.1 Å². The van der Waals surface area contributed by atoms with Crippen LogP contribution in [0, 0.1) is 0 Å². The SMILES string of the molecule is CCn1ccnc1CC(N)COc1ccc(Cl)cc1. The minimum atomic E-state index is -0.0802. The molecule has 1 unspecified atom stereocenters. The van der Waals surface area contributed by atoms with Crippen LogP contribution >= 0.6 is 11.6 Å². The average Bonchev–Trinajstić information content (AvgIpc) is 2.85. The fourth-order valence-electron chi connectivity index (χ4n) is 1.85. The van der Waals surface area contributed by atoms with Crippen LogP contribution in [0.15, 0.2) is 36.7 Å². The molecule has 2 N–H and O–H groups in total. The molecule has 102 valence electrons. The summed E-state index contributed by atoms with van der Waals surface area (Å²) in [4.78, 5) is 4.30. The van der Waals surface area contributed by atoms with Crippen LogP contribution in [0.1, 0.15) is 12.7 Å². The lowest BCUT2D eigenvalue weighted by Gasteiger charge is -2.13. The highest BCUT2D eigenvalue weighted by atomic mass is 35.5. The highest BCUT2D eigenvalue weighted by Gasteiger charge is 2.09. The molecule has 0 saturated carbocycles. The van der Waals surface area contributed by atoms with Crippen LogP contribution in [0.2, 0.25) is 5.02 Å². The summed E-state index contributed by atoms with van der Waals surface area (Å²) in [7, 11) is 0. The van der Waals surface area contributed by atoms with Gasteiger partial charge in [-0.05, 0) is 31.2 Å². The van der Waals surface area contributed by atoms with Crippen LogP contribution in [0.25, 0.3) is 0 Å². The molecule has 2 rings (SSSR count). The van der Waals surface area contributed by atoms with Crippen LogP contribution in [-0.4, -0.2) is 22.2 Å². The first kappa shape index (κ1) is 13.9. The molecule has 2 aromatic rings. The van der Waals surface area contributed by atoms with E-state index in [1.54, 1.807) is 18.3 Å². The summed E-state index contributed by atoms with van der Waals surface area (Å²) in [6.45, 7) is 3.44. The molecule has 0 fully saturated rings. The fraction of sp³-hybridized carbons (Fsp3) is 0.357. The number of aryl methyl sites for hydroxylation is 1. The van der Waals surface area contributed by atoms with Crippen molar-refractivity contribution in [2.24, 2.45) is 5.73 Å². The zero-order valence-electron chi connectivity index (χ0n) is 10.9. The Morgan fingerprint density at radius 1 is 1.37 bits per heavy atom. The van der Waals surface area contributed by atoms with Crippen molar-refractivity contribution >= 4 is 11.6 Å². The van der Waals surface area contributed by atoms with Gasteiger partial charge >= 0.3 is 0 Å². The lowest BCUT2D eigenvalue weighted by Crippen LogP contribution is -2.31. The Labute approximate surface area is 118 Å². The summed E-state index contributed by atoms with van der Waals surface area (Å²) < 4.78 is 7.71. The maximum absolute atomic E-state index is 6.06. The molecule has 1 aromatic heterocycles. The Balaban J connectivity index is 1.84. The second-order valence-electron chi connectivity index (χ2n) is 4.36. The quantitative estimate of drug-likeness (QED) is 0.884. The molecular weight excluding hydrogens is 262 g/mol. The lowest BCUT2D eigenvalue weighted by molar-refractivity contribution is 0.285. The van der Waals surface area contributed by atoms with Crippen molar-refractivity contribution in [3.63, 3.8) is 0 Å². The number of aromatic nitrogens is 2. The number of ether oxygens (including phenoxy) is 1. The van der Waals surface area contributed by atoms with Gasteiger partial charge in [-0.1, -0.05) is 11.6 Å². The van der Waals surface area contributed by atoms with Crippen molar-refractivity contribution in [1.82, 2.24) is 9.55 Å². The third kappa shape index (κ3) is 3.98. The number of halogens is 1. The molecule has 1 heterocycles. The largest absolute Gasteiger partial charge is 0.492 e. The maximum atomic E-state index is 6.06. The van der Waals surface area contributed by atoms with Gasteiger partial charge in [-0.3, -0.25) is 0 Å². The van der Waals surface area contributed by atoms with E-state index in [4.69, 9.17) is 22.1 Å². The fourth-order valence-corrected chi connectivity index (χ4v) is 1.97. The van der Waals surface area contributed by atoms with E-state index < -0.39 is 0 Å². The Bertz CT molecular complexity index is 510. The molecule has 0 aliphatic heterocycles. The normalized spacial score (nSPS) is 12.4. The van der Waals surface area contributed by atoms with E-state index in [1.807, 2.05) is 18.3 Å². The van der Waals surface area contributed by atoms with E-state index >= 15 is 0 Å². The molecule has 0 saturated heterocycles. The third-order valence-corrected chi connectivity index (χ3v) is 3.12. The standard InChI is InChI=1S/C14H18ClN3O/c1-2-18-8-7-17-14(18)9-12(16)10-19-13-5-3-11(15)4-6-13/h3-8,12H,2,9-10,16H2,1H3. The van der Waals surface area contributed by atoms with Gasteiger partial charge in [0.05, 0.1) is 0 Å². The van der Waals surface area contributed by atoms with Gasteiger partial charge in [0.25, 0.3) is 0 Å². The first-order chi connectivity index (χ1) is 9.19. The smallest absolute Gasteiger partial charge is 0.119 e. The monoisotopic (exact) mass is 279 g/mol. The van der Waals surface area contributed by atoms with Crippen molar-refractivity contribution in [1.29, 1.82) is 0 Å². The first-order valence-corrected chi connectivity index (χ1v) is 6.70. The Morgan fingerprint density at radius 3 is 2.79 bits per heavy atom. The molecule has 0 bridgehead atoms. The number of imidazole rings is 1. The van der Waals surface area contributed by atoms with Crippen molar-refractivity contribution in [2.75, 3.05) is 6.61 Å². The van der Waals surface area contributed by atoms with Crippen LogP contribution in [0.3, 0.4) is 0 Å². The zero-order valence-corrected chi connectivity index (χ0v) is 11.7. The molecule has 0 radical (unpaired) electrons. The van der Waals surface area contributed by atoms with Gasteiger partial charge in [0.15, 0.2) is 0 Å². The highest BCUT2D eigenvalue weighted by Crippen LogP contribution is 2.15. The van der Waals surface area contributed by atoms with Crippen LogP contribution in [-0.2, 0) is 13.0 Å². The molecule has 0 spiro atoms. The average molecular weight is 280 g/mol. The second-order valence-corrected chi connectivity index (χ2v) is 4.80. The third-order valence-electron chi connectivity index (χ3n) is 2.86. The Morgan fingerprint density at radius 2 is 2.11 bits per heavy atom. The molecule has 1 atom stereocenters. The predicted molar refractivity (Wildman–Crippen MR) is 76.5 cm³/mol. The van der Waals surface area contributed by atoms with Gasteiger partial charge in [-0.25, -0.2) is 4.98 Å². The van der Waals surface area contributed by atoms with Gasteiger partial charge in [0, 0.05) is 36.4 Å². The number of hydrogen-bond donors (Lipinski definition) is 1. The summed E-state index contributed by atoms with van der Waals surface area (Å²) in [6.07, 6.45) is 4.46. The summed E-state index contributed by atoms with van der Waals surface area (Å²) in [5, 5.41) is 0.696. The van der Waals surface area contributed by atoms with Gasteiger partial charge in [0.1, 0.15) is 18.2 Å². The Kier molecular flexibility index (Phi) is 4.82. The van der Waals surface area contributed by atoms with Gasteiger partial charge in [-0.15, -0.1) is 0 Å². The molecule has 5 heteroatoms. The van der Waals surface area contributed by atoms with Crippen molar-refractivity contribution in [3.8, 4) is 5.75 Å². The molecule has 0 amide bonds. The van der Waals surface area contributed by atoms with E-state index in [0.717, 1.165) is 18.1 Å². The highest BCUT2D eigenvalue weighted by molar-refractivity contribution is 6.30. The predicted octanol–water partition coefficient (Wildman–Crippen LogP) is 2.51. The summed E-state index contributed by atoms with van der Waals surface area (Å²) in [6, 6.07) is 7.19. The number of nitrogens with zero attached hydrogens (tertiary/aromatic N) is 2. The van der Waals surface area contributed by atoms with E-state index in [1.165, 1.54) is 0 Å². The minimum absolute atomic E-state index is 0.0802. The van der Waals surface area contributed by atoms with Crippen molar-refractivity contribution in [2.45, 2.75) is 25.9 Å². The van der Waals surface area contributed by atoms with E-state index in [2.05, 4.69) is 16.5 Å². The van der Waals surface area contributed by atoms with Crippen molar-refractivity contribution in [3.05, 3.63) is 47.5 Å². The van der Waals surface area contributed by atoms with Gasteiger partial charge in [-0.2, -0.15) is 0 Å². The molecule has 1 aromatic carbocycles. The molecular formula is C14H18ClN3O. The van der Waals surface area contributed by atoms with Gasteiger partial charge < -0.3 is 15.0 Å². The van der Waals surface area contributed by atoms with E-state index in [-0.39, 0.29) is 6.04 Å². The second kappa shape index (κ2) is 6.59. The zero-order chi connectivity index (χ0) is 13.7. The number of benzene rings is 1. The summed E-state index contributed by atoms with van der Waals surface area (Å²) in [5.41, 5.74) is 6.06. The Hall–Kier alpha value is -1.52. The summed E-state index contributed by atoms with van der Waals surface area (Å²) >= 11 is 5.81. The van der Waals surface area contributed by atoms with E-state index in [9.17, 15) is 0 Å². The van der Waals surface area contributed by atoms with Crippen molar-refractivity contribution < 1.29 is 4.74 Å². The minimum Gasteiger partial charge on any atom is -0.492 e. The number of nitrogens with two attached hydrogens (primary N) is 1. The molecule has 0 aliphatic carbocycles. The van der Waals surface area contributed by atoms with Crippen LogP contribution in [0.5, 0.6) is 5.75 Å². The molecule has 0 aliphatic rings. The summed E-state index contributed by atoms with van der Waals surface area (Å²) in [5.74, 6) is 1.77. The lowest BCUT2D eigenvalue weighted by atomic mass is 10.2. The first-order valence-electron chi connectivity index (χ1n) is 6.33. The maximum Gasteiger partial charge on any atom is 0.119 e. The van der Waals surface area contributed by atoms with Crippen LogP contribution in [0.4, 0.5) is 0 Å².